The summed E-state index contributed by atoms with van der Waals surface area (Å²) in [6.07, 6.45) is 0.650. The van der Waals surface area contributed by atoms with Crippen molar-refractivity contribution < 1.29 is 9.59 Å². The molecule has 7 nitrogen and oxygen atoms in total. The fourth-order valence-electron chi connectivity index (χ4n) is 3.31. The molecule has 2 amide bonds. The number of carbonyl (C=O) groups is 2. The van der Waals surface area contributed by atoms with Crippen molar-refractivity contribution in [3.05, 3.63) is 51.4 Å². The molecular weight excluding hydrogens is 398 g/mol. The first-order valence-corrected chi connectivity index (χ1v) is 9.28. The molecule has 8 heteroatoms. The molecule has 134 valence electrons. The van der Waals surface area contributed by atoms with Crippen LogP contribution in [0, 0.1) is 0 Å². The Morgan fingerprint density at radius 3 is 3.00 bits per heavy atom. The highest BCUT2D eigenvalue weighted by atomic mass is 79.9. The summed E-state index contributed by atoms with van der Waals surface area (Å²) >= 11 is 3.50. The fourth-order valence-corrected chi connectivity index (χ4v) is 3.79. The van der Waals surface area contributed by atoms with Gasteiger partial charge in [-0.05, 0) is 35.0 Å². The van der Waals surface area contributed by atoms with Gasteiger partial charge in [0.25, 0.3) is 11.8 Å². The summed E-state index contributed by atoms with van der Waals surface area (Å²) in [5.74, 6) is -0.296. The Hall–Kier alpha value is -2.61. The smallest absolute Gasteiger partial charge is 0.272 e. The van der Waals surface area contributed by atoms with E-state index < -0.39 is 0 Å². The summed E-state index contributed by atoms with van der Waals surface area (Å²) in [6.45, 7) is 3.35. The molecular formula is C18H18BrN5O2. The van der Waals surface area contributed by atoms with Crippen LogP contribution in [0.3, 0.4) is 0 Å². The quantitative estimate of drug-likeness (QED) is 0.613. The first kappa shape index (κ1) is 16.8. The van der Waals surface area contributed by atoms with E-state index >= 15 is 0 Å². The molecule has 3 heterocycles. The second-order valence-corrected chi connectivity index (χ2v) is 7.11. The lowest BCUT2D eigenvalue weighted by atomic mass is 10.0. The van der Waals surface area contributed by atoms with Crippen molar-refractivity contribution in [2.24, 2.45) is 0 Å². The Bertz CT molecular complexity index is 1010. The van der Waals surface area contributed by atoms with Crippen LogP contribution < -0.4 is 5.32 Å². The van der Waals surface area contributed by atoms with Gasteiger partial charge < -0.3 is 15.2 Å². The summed E-state index contributed by atoms with van der Waals surface area (Å²) in [5.41, 5.74) is 3.54. The van der Waals surface area contributed by atoms with Gasteiger partial charge in [0.05, 0.1) is 12.1 Å². The molecule has 0 radical (unpaired) electrons. The van der Waals surface area contributed by atoms with Crippen LogP contribution in [0.4, 0.5) is 0 Å². The molecule has 3 N–H and O–H groups in total. The number of fused-ring (bicyclic) bond motifs is 2. The summed E-state index contributed by atoms with van der Waals surface area (Å²) in [6, 6.07) is 7.69. The Labute approximate surface area is 158 Å². The summed E-state index contributed by atoms with van der Waals surface area (Å²) < 4.78 is 0.920. The van der Waals surface area contributed by atoms with Crippen molar-refractivity contribution in [3.63, 3.8) is 0 Å². The first-order chi connectivity index (χ1) is 12.6. The number of rotatable bonds is 3. The molecule has 1 aromatic carbocycles. The van der Waals surface area contributed by atoms with Crippen LogP contribution in [-0.4, -0.2) is 45.0 Å². The molecule has 2 aromatic heterocycles. The predicted octanol–water partition coefficient (Wildman–Crippen LogP) is 2.60. The molecule has 0 bridgehead atoms. The van der Waals surface area contributed by atoms with Gasteiger partial charge in [-0.2, -0.15) is 5.10 Å². The number of benzene rings is 1. The normalized spacial score (nSPS) is 13.7. The van der Waals surface area contributed by atoms with Crippen LogP contribution in [0.2, 0.25) is 0 Å². The molecule has 1 aliphatic rings. The van der Waals surface area contributed by atoms with Crippen LogP contribution in [0.5, 0.6) is 0 Å². The van der Waals surface area contributed by atoms with Crippen LogP contribution >= 0.6 is 15.9 Å². The second kappa shape index (κ2) is 6.60. The third-order valence-electron chi connectivity index (χ3n) is 4.61. The fraction of sp³-hybridized carbons (Fsp3) is 0.278. The molecule has 26 heavy (non-hydrogen) atoms. The van der Waals surface area contributed by atoms with Gasteiger partial charge in [-0.25, -0.2) is 0 Å². The molecule has 4 rings (SSSR count). The largest absolute Gasteiger partial charge is 0.351 e. The third-order valence-corrected chi connectivity index (χ3v) is 5.27. The maximum atomic E-state index is 13.0. The minimum absolute atomic E-state index is 0.0817. The first-order valence-electron chi connectivity index (χ1n) is 8.49. The van der Waals surface area contributed by atoms with Crippen molar-refractivity contribution in [1.29, 1.82) is 0 Å². The van der Waals surface area contributed by atoms with Crippen molar-refractivity contribution in [2.45, 2.75) is 19.9 Å². The maximum absolute atomic E-state index is 13.0. The van der Waals surface area contributed by atoms with Crippen molar-refractivity contribution >= 4 is 38.6 Å². The van der Waals surface area contributed by atoms with Gasteiger partial charge in [-0.15, -0.1) is 0 Å². The van der Waals surface area contributed by atoms with E-state index in [9.17, 15) is 9.59 Å². The van der Waals surface area contributed by atoms with E-state index in [2.05, 4.69) is 36.4 Å². The van der Waals surface area contributed by atoms with E-state index in [0.29, 0.717) is 37.4 Å². The van der Waals surface area contributed by atoms with Crippen molar-refractivity contribution in [2.75, 3.05) is 13.1 Å². The lowest BCUT2D eigenvalue weighted by Crippen LogP contribution is -2.37. The Morgan fingerprint density at radius 1 is 1.38 bits per heavy atom. The zero-order valence-electron chi connectivity index (χ0n) is 14.2. The zero-order valence-corrected chi connectivity index (χ0v) is 15.8. The predicted molar refractivity (Wildman–Crippen MR) is 101 cm³/mol. The lowest BCUT2D eigenvalue weighted by molar-refractivity contribution is 0.0726. The molecule has 0 fully saturated rings. The van der Waals surface area contributed by atoms with Crippen LogP contribution in [-0.2, 0) is 13.0 Å². The Morgan fingerprint density at radius 2 is 2.23 bits per heavy atom. The standard InChI is InChI=1S/C18H18BrN5O2/c1-2-20-17(25)16-11-9-24(7-6-13(11)22-23-16)18(26)14-8-10-4-3-5-12(19)15(10)21-14/h3-5,8,21H,2,6-7,9H2,1H3,(H,20,25)(H,22,23). The highest BCUT2D eigenvalue weighted by Crippen LogP contribution is 2.26. The highest BCUT2D eigenvalue weighted by molar-refractivity contribution is 9.10. The summed E-state index contributed by atoms with van der Waals surface area (Å²) in [5, 5.41) is 10.8. The molecule has 3 aromatic rings. The van der Waals surface area contributed by atoms with Crippen LogP contribution in [0.1, 0.15) is 39.2 Å². The van der Waals surface area contributed by atoms with Crippen LogP contribution in [0.25, 0.3) is 10.9 Å². The number of nitrogens with one attached hydrogen (secondary N) is 3. The molecule has 0 spiro atoms. The number of para-hydroxylation sites is 1. The van der Waals surface area contributed by atoms with E-state index in [4.69, 9.17) is 0 Å². The number of aromatic amines is 2. The van der Waals surface area contributed by atoms with Crippen molar-refractivity contribution in [1.82, 2.24) is 25.4 Å². The van der Waals surface area contributed by atoms with Gasteiger partial charge >= 0.3 is 0 Å². The number of hydrogen-bond donors (Lipinski definition) is 3. The maximum Gasteiger partial charge on any atom is 0.272 e. The van der Waals surface area contributed by atoms with Gasteiger partial charge in [0.1, 0.15) is 5.69 Å². The van der Waals surface area contributed by atoms with Crippen molar-refractivity contribution in [3.8, 4) is 0 Å². The minimum Gasteiger partial charge on any atom is -0.351 e. The SMILES string of the molecule is CCNC(=O)c1n[nH]c2c1CN(C(=O)c1cc3cccc(Br)c3[nH]1)CC2. The Kier molecular flexibility index (Phi) is 4.28. The third kappa shape index (κ3) is 2.80. The van der Waals surface area contributed by atoms with Gasteiger partial charge in [-0.3, -0.25) is 14.7 Å². The number of halogens is 1. The van der Waals surface area contributed by atoms with Gasteiger partial charge in [0.15, 0.2) is 5.69 Å². The summed E-state index contributed by atoms with van der Waals surface area (Å²) in [7, 11) is 0. The van der Waals surface area contributed by atoms with E-state index in [0.717, 1.165) is 26.6 Å². The summed E-state index contributed by atoms with van der Waals surface area (Å²) in [4.78, 5) is 30.1. The van der Waals surface area contributed by atoms with Gasteiger partial charge in [0, 0.05) is 40.6 Å². The number of H-pyrrole nitrogens is 2. The second-order valence-electron chi connectivity index (χ2n) is 6.25. The monoisotopic (exact) mass is 415 g/mol. The minimum atomic E-state index is -0.214. The average Bonchev–Trinajstić information content (AvgIpc) is 3.25. The molecule has 1 aliphatic heterocycles. The highest BCUT2D eigenvalue weighted by Gasteiger charge is 2.28. The average molecular weight is 416 g/mol. The number of hydrogen-bond acceptors (Lipinski definition) is 3. The van der Waals surface area contributed by atoms with E-state index in [1.165, 1.54) is 0 Å². The Balaban J connectivity index is 1.61. The molecule has 0 saturated carbocycles. The molecule has 0 aliphatic carbocycles. The zero-order chi connectivity index (χ0) is 18.3. The number of aromatic nitrogens is 3. The van der Waals surface area contributed by atoms with E-state index in [-0.39, 0.29) is 11.8 Å². The van der Waals surface area contributed by atoms with E-state index in [1.807, 2.05) is 31.2 Å². The number of amides is 2. The lowest BCUT2D eigenvalue weighted by Gasteiger charge is -2.26. The number of carbonyl (C=O) groups excluding carboxylic acids is 2. The number of nitrogens with zero attached hydrogens (tertiary/aromatic N) is 2. The molecule has 0 unspecified atom stereocenters. The topological polar surface area (TPSA) is 93.9 Å². The van der Waals surface area contributed by atoms with Gasteiger partial charge in [-0.1, -0.05) is 12.1 Å². The molecule has 0 saturated heterocycles. The van der Waals surface area contributed by atoms with E-state index in [1.54, 1.807) is 4.90 Å². The van der Waals surface area contributed by atoms with Crippen LogP contribution in [0.15, 0.2) is 28.7 Å². The molecule has 0 atom stereocenters. The van der Waals surface area contributed by atoms with Gasteiger partial charge in [0.2, 0.25) is 0 Å².